The molecule has 0 bridgehead atoms. The van der Waals surface area contributed by atoms with Crippen LogP contribution < -0.4 is 5.32 Å². The monoisotopic (exact) mass is 384 g/mol. The Bertz CT molecular complexity index is 494. The molecular formula is C18H29BrN2O2. The highest BCUT2D eigenvalue weighted by molar-refractivity contribution is 9.10. The van der Waals surface area contributed by atoms with E-state index in [-0.39, 0.29) is 5.60 Å². The van der Waals surface area contributed by atoms with E-state index in [9.17, 15) is 4.79 Å². The summed E-state index contributed by atoms with van der Waals surface area (Å²) in [4.78, 5) is 12.0. The van der Waals surface area contributed by atoms with Gasteiger partial charge in [-0.15, -0.1) is 0 Å². The second kappa shape index (κ2) is 8.81. The zero-order valence-electron chi connectivity index (χ0n) is 15.0. The second-order valence-corrected chi connectivity index (χ2v) is 8.05. The van der Waals surface area contributed by atoms with Gasteiger partial charge in [0.05, 0.1) is 0 Å². The molecule has 0 aliphatic carbocycles. The molecule has 0 radical (unpaired) electrons. The molecule has 5 heteroatoms. The summed E-state index contributed by atoms with van der Waals surface area (Å²) in [5.74, 6) is 0. The molecule has 1 aromatic rings. The third-order valence-corrected chi connectivity index (χ3v) is 4.21. The van der Waals surface area contributed by atoms with Crippen molar-refractivity contribution < 1.29 is 9.53 Å². The number of benzene rings is 1. The van der Waals surface area contributed by atoms with E-state index in [4.69, 9.17) is 0 Å². The molecule has 2 rings (SSSR count). The molecule has 1 aliphatic heterocycles. The molecule has 4 nitrogen and oxygen atoms in total. The molecule has 0 saturated carbocycles. The minimum absolute atomic E-state index is 0.318. The van der Waals surface area contributed by atoms with E-state index in [1.807, 2.05) is 20.8 Å². The molecule has 1 aliphatic rings. The average Bonchev–Trinajstić information content (AvgIpc) is 2.40. The third-order valence-electron chi connectivity index (χ3n) is 3.75. The van der Waals surface area contributed by atoms with E-state index < -0.39 is 0 Å². The van der Waals surface area contributed by atoms with Gasteiger partial charge < -0.3 is 15.0 Å². The quantitative estimate of drug-likeness (QED) is 0.789. The first-order chi connectivity index (χ1) is 10.6. The van der Waals surface area contributed by atoms with Crippen molar-refractivity contribution >= 4 is 22.4 Å². The number of carbonyl (C=O) groups is 1. The molecule has 1 N–H and O–H groups in total. The van der Waals surface area contributed by atoms with Crippen LogP contribution in [-0.2, 0) is 9.53 Å². The number of likely N-dealkylation sites (N-methyl/N-ethyl adjacent to an activating group) is 1. The minimum atomic E-state index is -0.318. The van der Waals surface area contributed by atoms with Crippen LogP contribution in [0, 0.1) is 6.92 Å². The van der Waals surface area contributed by atoms with E-state index in [1.165, 1.54) is 15.6 Å². The maximum Gasteiger partial charge on any atom is 0.293 e. The fraction of sp³-hybridized carbons (Fsp3) is 0.611. The molecule has 1 saturated heterocycles. The summed E-state index contributed by atoms with van der Waals surface area (Å²) in [5.41, 5.74) is 2.37. The molecule has 23 heavy (non-hydrogen) atoms. The van der Waals surface area contributed by atoms with Gasteiger partial charge in [0.1, 0.15) is 5.60 Å². The number of carbonyl (C=O) groups excluding carboxylic acids is 1. The highest BCUT2D eigenvalue weighted by Gasteiger charge is 2.23. The standard InChI is InChI=1S/C13H19BrN2.C5H10O2/c1-9-4-11(6-12(14)5-9)13-8-16(3)10(2)7-15-13;1-5(2,3)7-4-6/h4-6,10,13,15H,7-8H2,1-3H3;4H,1-3H3. The maximum absolute atomic E-state index is 9.60. The number of hydrogen-bond acceptors (Lipinski definition) is 4. The van der Waals surface area contributed by atoms with Crippen molar-refractivity contribution in [3.63, 3.8) is 0 Å². The maximum atomic E-state index is 9.60. The summed E-state index contributed by atoms with van der Waals surface area (Å²) in [6, 6.07) is 7.72. The van der Waals surface area contributed by atoms with Gasteiger partial charge in [-0.1, -0.05) is 22.0 Å². The number of ether oxygens (including phenoxy) is 1. The van der Waals surface area contributed by atoms with Gasteiger partial charge in [0, 0.05) is 29.6 Å². The van der Waals surface area contributed by atoms with Gasteiger partial charge in [0.25, 0.3) is 6.47 Å². The Morgan fingerprint density at radius 3 is 2.43 bits per heavy atom. The Balaban J connectivity index is 0.000000322. The highest BCUT2D eigenvalue weighted by Crippen LogP contribution is 2.23. The van der Waals surface area contributed by atoms with Gasteiger partial charge in [0.2, 0.25) is 0 Å². The van der Waals surface area contributed by atoms with Crippen LogP contribution in [0.5, 0.6) is 0 Å². The number of nitrogens with one attached hydrogen (secondary N) is 1. The summed E-state index contributed by atoms with van der Waals surface area (Å²) in [6.45, 7) is 12.5. The summed E-state index contributed by atoms with van der Waals surface area (Å²) in [7, 11) is 2.20. The molecule has 0 spiro atoms. The molecule has 0 amide bonds. The lowest BCUT2D eigenvalue weighted by molar-refractivity contribution is -0.138. The summed E-state index contributed by atoms with van der Waals surface area (Å²) < 4.78 is 5.72. The molecule has 2 atom stereocenters. The number of piperazine rings is 1. The normalized spacial score (nSPS) is 22.0. The van der Waals surface area contributed by atoms with E-state index >= 15 is 0 Å². The van der Waals surface area contributed by atoms with Crippen LogP contribution in [0.1, 0.15) is 44.9 Å². The lowest BCUT2D eigenvalue weighted by Gasteiger charge is -2.36. The van der Waals surface area contributed by atoms with Crippen LogP contribution in [-0.4, -0.2) is 43.2 Å². The van der Waals surface area contributed by atoms with Crippen LogP contribution in [0.4, 0.5) is 0 Å². The Kier molecular flexibility index (Phi) is 7.71. The Morgan fingerprint density at radius 2 is 2.00 bits per heavy atom. The average molecular weight is 385 g/mol. The predicted octanol–water partition coefficient (Wildman–Crippen LogP) is 3.68. The van der Waals surface area contributed by atoms with Crippen LogP contribution in [0.3, 0.4) is 0 Å². The highest BCUT2D eigenvalue weighted by atomic mass is 79.9. The minimum Gasteiger partial charge on any atom is -0.462 e. The molecule has 1 heterocycles. The van der Waals surface area contributed by atoms with Crippen LogP contribution in [0.2, 0.25) is 0 Å². The van der Waals surface area contributed by atoms with Gasteiger partial charge in [-0.2, -0.15) is 0 Å². The van der Waals surface area contributed by atoms with Crippen molar-refractivity contribution in [1.82, 2.24) is 10.2 Å². The second-order valence-electron chi connectivity index (χ2n) is 7.14. The number of rotatable bonds is 2. The number of halogens is 1. The zero-order valence-corrected chi connectivity index (χ0v) is 16.6. The molecule has 1 fully saturated rings. The predicted molar refractivity (Wildman–Crippen MR) is 98.6 cm³/mol. The SMILES string of the molecule is CC(C)(C)OC=O.Cc1cc(Br)cc(C2CN(C)C(C)CN2)c1. The summed E-state index contributed by atoms with van der Waals surface area (Å²) in [6.07, 6.45) is 0. The van der Waals surface area contributed by atoms with E-state index in [0.29, 0.717) is 18.6 Å². The van der Waals surface area contributed by atoms with Gasteiger partial charge in [0.15, 0.2) is 0 Å². The number of hydrogen-bond donors (Lipinski definition) is 1. The topological polar surface area (TPSA) is 41.6 Å². The third kappa shape index (κ3) is 7.46. The fourth-order valence-electron chi connectivity index (χ4n) is 2.33. The lowest BCUT2D eigenvalue weighted by atomic mass is 10.0. The van der Waals surface area contributed by atoms with E-state index in [1.54, 1.807) is 0 Å². The molecule has 2 unspecified atom stereocenters. The Morgan fingerprint density at radius 1 is 1.35 bits per heavy atom. The van der Waals surface area contributed by atoms with Crippen molar-refractivity contribution in [2.24, 2.45) is 0 Å². The largest absolute Gasteiger partial charge is 0.462 e. The van der Waals surface area contributed by atoms with Crippen LogP contribution in [0.15, 0.2) is 22.7 Å². The lowest BCUT2D eigenvalue weighted by Crippen LogP contribution is -2.49. The van der Waals surface area contributed by atoms with Gasteiger partial charge in [-0.05, 0) is 64.9 Å². The summed E-state index contributed by atoms with van der Waals surface area (Å²) in [5, 5.41) is 3.61. The van der Waals surface area contributed by atoms with Gasteiger partial charge in [-0.3, -0.25) is 4.79 Å². The first-order valence-electron chi connectivity index (χ1n) is 7.94. The van der Waals surface area contributed by atoms with E-state index in [2.05, 4.69) is 70.0 Å². The van der Waals surface area contributed by atoms with Crippen molar-refractivity contribution in [3.05, 3.63) is 33.8 Å². The Hall–Kier alpha value is -0.910. The van der Waals surface area contributed by atoms with Crippen molar-refractivity contribution in [2.45, 2.75) is 52.3 Å². The molecular weight excluding hydrogens is 356 g/mol. The van der Waals surface area contributed by atoms with Crippen molar-refractivity contribution in [2.75, 3.05) is 20.1 Å². The molecule has 0 aromatic heterocycles. The fourth-order valence-corrected chi connectivity index (χ4v) is 2.96. The van der Waals surface area contributed by atoms with Crippen LogP contribution >= 0.6 is 15.9 Å². The first-order valence-corrected chi connectivity index (χ1v) is 8.74. The van der Waals surface area contributed by atoms with Crippen molar-refractivity contribution in [3.8, 4) is 0 Å². The summed E-state index contributed by atoms with van der Waals surface area (Å²) >= 11 is 3.57. The Labute approximate surface area is 148 Å². The van der Waals surface area contributed by atoms with Crippen molar-refractivity contribution in [1.29, 1.82) is 0 Å². The zero-order chi connectivity index (χ0) is 17.6. The van der Waals surface area contributed by atoms with Gasteiger partial charge >= 0.3 is 0 Å². The van der Waals surface area contributed by atoms with Gasteiger partial charge in [-0.25, -0.2) is 0 Å². The van der Waals surface area contributed by atoms with Crippen LogP contribution in [0.25, 0.3) is 0 Å². The molecule has 1 aromatic carbocycles. The van der Waals surface area contributed by atoms with E-state index in [0.717, 1.165) is 13.1 Å². The first kappa shape index (κ1) is 20.1. The smallest absolute Gasteiger partial charge is 0.293 e. The number of aryl methyl sites for hydroxylation is 1. The number of nitrogens with zero attached hydrogens (tertiary/aromatic N) is 1. The molecule has 130 valence electrons.